The third-order valence-corrected chi connectivity index (χ3v) is 4.82. The summed E-state index contributed by atoms with van der Waals surface area (Å²) < 4.78 is 30.2. The molecule has 162 valence electrons. The van der Waals surface area contributed by atoms with Gasteiger partial charge in [-0.1, -0.05) is 59.8 Å². The molecule has 4 rings (SSSR count). The molecule has 0 atom stereocenters. The molecule has 0 spiro atoms. The van der Waals surface area contributed by atoms with Gasteiger partial charge in [0.05, 0.1) is 7.11 Å². The lowest BCUT2D eigenvalue weighted by atomic mass is 10.1. The molecule has 0 radical (unpaired) electrons. The van der Waals surface area contributed by atoms with Crippen LogP contribution in [0.25, 0.3) is 11.3 Å². The minimum Gasteiger partial charge on any atom is -0.493 e. The molecule has 7 heteroatoms. The molecule has 0 fully saturated rings. The van der Waals surface area contributed by atoms with Crippen molar-refractivity contribution in [3.63, 3.8) is 0 Å². The predicted molar refractivity (Wildman–Crippen MR) is 117 cm³/mol. The number of hydrogen-bond donors (Lipinski definition) is 1. The largest absolute Gasteiger partial charge is 0.493 e. The summed E-state index contributed by atoms with van der Waals surface area (Å²) >= 11 is 0. The second-order valence-electron chi connectivity index (χ2n) is 6.99. The molecule has 0 bridgehead atoms. The number of hydrogen-bond acceptors (Lipinski definition) is 5. The summed E-state index contributed by atoms with van der Waals surface area (Å²) in [5.41, 5.74) is 2.30. The molecular formula is C25H21FN2O4. The minimum atomic E-state index is -0.352. The van der Waals surface area contributed by atoms with Crippen LogP contribution in [0.4, 0.5) is 4.39 Å². The average Bonchev–Trinajstić information content (AvgIpc) is 3.33. The Kier molecular flexibility index (Phi) is 6.46. The first-order valence-electron chi connectivity index (χ1n) is 9.97. The van der Waals surface area contributed by atoms with Gasteiger partial charge in [0.1, 0.15) is 12.4 Å². The highest BCUT2D eigenvalue weighted by Crippen LogP contribution is 2.29. The van der Waals surface area contributed by atoms with Gasteiger partial charge in [-0.2, -0.15) is 0 Å². The van der Waals surface area contributed by atoms with Crippen molar-refractivity contribution in [1.82, 2.24) is 10.5 Å². The molecule has 1 aromatic heterocycles. The van der Waals surface area contributed by atoms with Crippen LogP contribution in [0.1, 0.15) is 21.6 Å². The number of aromatic nitrogens is 1. The summed E-state index contributed by atoms with van der Waals surface area (Å²) in [5.74, 6) is 0.813. The second-order valence-corrected chi connectivity index (χ2v) is 6.99. The lowest BCUT2D eigenvalue weighted by Gasteiger charge is -2.13. The highest BCUT2D eigenvalue weighted by molar-refractivity contribution is 5.93. The predicted octanol–water partition coefficient (Wildman–Crippen LogP) is 5.00. The van der Waals surface area contributed by atoms with Gasteiger partial charge < -0.3 is 19.3 Å². The number of carbonyl (C=O) groups is 1. The van der Waals surface area contributed by atoms with Gasteiger partial charge in [0, 0.05) is 23.7 Å². The van der Waals surface area contributed by atoms with Crippen molar-refractivity contribution >= 4 is 5.91 Å². The molecule has 32 heavy (non-hydrogen) atoms. The van der Waals surface area contributed by atoms with Crippen LogP contribution in [0.5, 0.6) is 11.5 Å². The second kappa shape index (κ2) is 9.78. The Hall–Kier alpha value is -4.13. The number of nitrogens with one attached hydrogen (secondary N) is 1. The van der Waals surface area contributed by atoms with Gasteiger partial charge in [0.25, 0.3) is 5.91 Å². The van der Waals surface area contributed by atoms with E-state index < -0.39 is 0 Å². The summed E-state index contributed by atoms with van der Waals surface area (Å²) in [5, 5.41) is 6.66. The zero-order valence-electron chi connectivity index (χ0n) is 17.4. The molecule has 0 aliphatic carbocycles. The molecule has 1 heterocycles. The van der Waals surface area contributed by atoms with E-state index in [1.807, 2.05) is 30.3 Å². The minimum absolute atomic E-state index is 0.0784. The highest BCUT2D eigenvalue weighted by Gasteiger charge is 2.14. The Morgan fingerprint density at radius 2 is 1.78 bits per heavy atom. The molecule has 6 nitrogen and oxygen atoms in total. The van der Waals surface area contributed by atoms with Crippen molar-refractivity contribution in [2.75, 3.05) is 7.11 Å². The van der Waals surface area contributed by atoms with Crippen molar-refractivity contribution in [2.24, 2.45) is 0 Å². The van der Waals surface area contributed by atoms with Gasteiger partial charge in [-0.25, -0.2) is 4.39 Å². The number of methoxy groups -OCH3 is 1. The van der Waals surface area contributed by atoms with E-state index in [9.17, 15) is 9.18 Å². The Bertz CT molecular complexity index is 1210. The first-order valence-corrected chi connectivity index (χ1v) is 9.97. The van der Waals surface area contributed by atoms with E-state index in [-0.39, 0.29) is 30.6 Å². The number of halogens is 1. The smallest absolute Gasteiger partial charge is 0.273 e. The number of rotatable bonds is 8. The van der Waals surface area contributed by atoms with E-state index in [1.54, 1.807) is 42.5 Å². The van der Waals surface area contributed by atoms with E-state index in [0.29, 0.717) is 22.8 Å². The standard InChI is InChI=1S/C25H21FN2O4/c1-30-24-13-17(11-12-22(24)31-16-19-9-5-6-10-20(19)26)15-27-25(29)21-14-23(32-28-21)18-7-3-2-4-8-18/h2-14H,15-16H2,1H3,(H,27,29). The fourth-order valence-corrected chi connectivity index (χ4v) is 3.11. The summed E-state index contributed by atoms with van der Waals surface area (Å²) in [4.78, 5) is 12.5. The van der Waals surface area contributed by atoms with Gasteiger partial charge in [0.2, 0.25) is 0 Å². The summed E-state index contributed by atoms with van der Waals surface area (Å²) in [6.07, 6.45) is 0. The summed E-state index contributed by atoms with van der Waals surface area (Å²) in [6, 6.07) is 22.8. The third-order valence-electron chi connectivity index (χ3n) is 4.82. The van der Waals surface area contributed by atoms with Crippen LogP contribution in [0.15, 0.2) is 83.4 Å². The maximum absolute atomic E-state index is 13.8. The van der Waals surface area contributed by atoms with Gasteiger partial charge in [0.15, 0.2) is 23.0 Å². The lowest BCUT2D eigenvalue weighted by Crippen LogP contribution is -2.23. The van der Waals surface area contributed by atoms with Crippen LogP contribution in [0.3, 0.4) is 0 Å². The first kappa shape index (κ1) is 21.1. The van der Waals surface area contributed by atoms with Gasteiger partial charge in [-0.3, -0.25) is 4.79 Å². The zero-order valence-corrected chi connectivity index (χ0v) is 17.4. The molecule has 0 saturated carbocycles. The van der Waals surface area contributed by atoms with Crippen LogP contribution in [0, 0.1) is 5.82 Å². The number of amides is 1. The number of carbonyl (C=O) groups excluding carboxylic acids is 1. The zero-order chi connectivity index (χ0) is 22.3. The monoisotopic (exact) mass is 432 g/mol. The van der Waals surface area contributed by atoms with E-state index in [2.05, 4.69) is 10.5 Å². The Balaban J connectivity index is 1.38. The summed E-state index contributed by atoms with van der Waals surface area (Å²) in [6.45, 7) is 0.339. The molecule has 1 amide bonds. The SMILES string of the molecule is COc1cc(CNC(=O)c2cc(-c3ccccc3)on2)ccc1OCc1ccccc1F. The van der Waals surface area contributed by atoms with Gasteiger partial charge in [-0.15, -0.1) is 0 Å². The van der Waals surface area contributed by atoms with Crippen LogP contribution in [-0.2, 0) is 13.2 Å². The van der Waals surface area contributed by atoms with Crippen LogP contribution in [-0.4, -0.2) is 18.2 Å². The molecule has 4 aromatic rings. The maximum atomic E-state index is 13.8. The molecule has 0 unspecified atom stereocenters. The van der Waals surface area contributed by atoms with Crippen molar-refractivity contribution in [3.05, 3.63) is 102 Å². The first-order chi connectivity index (χ1) is 15.6. The topological polar surface area (TPSA) is 73.6 Å². The molecule has 0 saturated heterocycles. The van der Waals surface area contributed by atoms with E-state index >= 15 is 0 Å². The highest BCUT2D eigenvalue weighted by atomic mass is 19.1. The molecule has 0 aliphatic rings. The van der Waals surface area contributed by atoms with Gasteiger partial charge in [-0.05, 0) is 23.8 Å². The van der Waals surface area contributed by atoms with Crippen molar-refractivity contribution in [1.29, 1.82) is 0 Å². The Labute approximate surface area is 184 Å². The summed E-state index contributed by atoms with van der Waals surface area (Å²) in [7, 11) is 1.52. The molecule has 3 aromatic carbocycles. The average molecular weight is 432 g/mol. The van der Waals surface area contributed by atoms with E-state index in [4.69, 9.17) is 14.0 Å². The van der Waals surface area contributed by atoms with Crippen molar-refractivity contribution in [3.8, 4) is 22.8 Å². The fourth-order valence-electron chi connectivity index (χ4n) is 3.11. The number of nitrogens with zero attached hydrogens (tertiary/aromatic N) is 1. The molecule has 1 N–H and O–H groups in total. The Morgan fingerprint density at radius 1 is 1.00 bits per heavy atom. The number of ether oxygens (including phenoxy) is 2. The number of benzene rings is 3. The quantitative estimate of drug-likeness (QED) is 0.424. The third kappa shape index (κ3) is 4.95. The van der Waals surface area contributed by atoms with Crippen LogP contribution < -0.4 is 14.8 Å². The molecule has 0 aliphatic heterocycles. The van der Waals surface area contributed by atoms with Crippen LogP contribution >= 0.6 is 0 Å². The lowest BCUT2D eigenvalue weighted by molar-refractivity contribution is 0.0942. The fraction of sp³-hybridized carbons (Fsp3) is 0.120. The van der Waals surface area contributed by atoms with E-state index in [0.717, 1.165) is 11.1 Å². The maximum Gasteiger partial charge on any atom is 0.273 e. The normalized spacial score (nSPS) is 10.6. The van der Waals surface area contributed by atoms with E-state index in [1.165, 1.54) is 13.2 Å². The van der Waals surface area contributed by atoms with Crippen molar-refractivity contribution in [2.45, 2.75) is 13.2 Å². The van der Waals surface area contributed by atoms with Crippen LogP contribution in [0.2, 0.25) is 0 Å². The molecular weight excluding hydrogens is 411 g/mol. The Morgan fingerprint density at radius 3 is 2.56 bits per heavy atom. The van der Waals surface area contributed by atoms with Crippen molar-refractivity contribution < 1.29 is 23.2 Å². The van der Waals surface area contributed by atoms with Gasteiger partial charge >= 0.3 is 0 Å².